The van der Waals surface area contributed by atoms with E-state index in [-0.39, 0.29) is 0 Å². The SMILES string of the molecule is S=c1cc(-c2ccccc2)nc2c(-c3ccc(Cl)cc3)c[nH]n12. The monoisotopic (exact) mass is 337 g/mol. The van der Waals surface area contributed by atoms with Crippen LogP contribution in [-0.2, 0) is 0 Å². The molecule has 3 nitrogen and oxygen atoms in total. The number of fused-ring (bicyclic) bond motifs is 1. The van der Waals surface area contributed by atoms with Crippen molar-refractivity contribution in [3.8, 4) is 22.4 Å². The lowest BCUT2D eigenvalue weighted by Crippen LogP contribution is -1.94. The molecule has 0 atom stereocenters. The molecule has 0 bridgehead atoms. The number of rotatable bonds is 2. The van der Waals surface area contributed by atoms with Crippen LogP contribution < -0.4 is 0 Å². The van der Waals surface area contributed by atoms with Gasteiger partial charge in [0.1, 0.15) is 4.64 Å². The van der Waals surface area contributed by atoms with E-state index in [1.807, 2.05) is 71.4 Å². The van der Waals surface area contributed by atoms with Crippen molar-refractivity contribution in [2.75, 3.05) is 0 Å². The molecule has 4 aromatic rings. The predicted octanol–water partition coefficient (Wildman–Crippen LogP) is 5.38. The number of aromatic nitrogens is 3. The van der Waals surface area contributed by atoms with Crippen LogP contribution >= 0.6 is 23.8 Å². The van der Waals surface area contributed by atoms with Gasteiger partial charge in [0.05, 0.1) is 5.69 Å². The van der Waals surface area contributed by atoms with Crippen molar-refractivity contribution in [3.05, 3.63) is 76.5 Å². The number of H-pyrrole nitrogens is 1. The van der Waals surface area contributed by atoms with Crippen molar-refractivity contribution in [1.82, 2.24) is 14.6 Å². The number of nitrogens with one attached hydrogen (secondary N) is 1. The van der Waals surface area contributed by atoms with Crippen LogP contribution in [0.2, 0.25) is 5.02 Å². The molecule has 4 rings (SSSR count). The highest BCUT2D eigenvalue weighted by Crippen LogP contribution is 2.27. The van der Waals surface area contributed by atoms with Gasteiger partial charge in [-0.3, -0.25) is 5.10 Å². The van der Waals surface area contributed by atoms with Crippen LogP contribution in [0.1, 0.15) is 0 Å². The molecule has 0 aliphatic carbocycles. The maximum Gasteiger partial charge on any atom is 0.162 e. The summed E-state index contributed by atoms with van der Waals surface area (Å²) >= 11 is 11.5. The summed E-state index contributed by atoms with van der Waals surface area (Å²) in [5.74, 6) is 0. The molecule has 2 heterocycles. The molecule has 0 unspecified atom stereocenters. The van der Waals surface area contributed by atoms with E-state index in [9.17, 15) is 0 Å². The van der Waals surface area contributed by atoms with E-state index in [2.05, 4.69) is 5.10 Å². The average Bonchev–Trinajstić information content (AvgIpc) is 3.01. The Morgan fingerprint density at radius 1 is 0.957 bits per heavy atom. The molecule has 0 aliphatic rings. The Hall–Kier alpha value is -2.43. The highest BCUT2D eigenvalue weighted by atomic mass is 35.5. The van der Waals surface area contributed by atoms with Crippen LogP contribution in [0, 0.1) is 4.64 Å². The van der Waals surface area contributed by atoms with E-state index in [0.717, 1.165) is 28.0 Å². The summed E-state index contributed by atoms with van der Waals surface area (Å²) in [6.07, 6.45) is 1.91. The summed E-state index contributed by atoms with van der Waals surface area (Å²) < 4.78 is 2.50. The van der Waals surface area contributed by atoms with Crippen molar-refractivity contribution in [3.63, 3.8) is 0 Å². The summed E-state index contributed by atoms with van der Waals surface area (Å²) in [5, 5.41) is 3.88. The lowest BCUT2D eigenvalue weighted by molar-refractivity contribution is 0.926. The summed E-state index contributed by atoms with van der Waals surface area (Å²) in [6, 6.07) is 19.6. The zero-order chi connectivity index (χ0) is 15.8. The van der Waals surface area contributed by atoms with Crippen molar-refractivity contribution in [2.24, 2.45) is 0 Å². The predicted molar refractivity (Wildman–Crippen MR) is 96.3 cm³/mol. The van der Waals surface area contributed by atoms with Gasteiger partial charge >= 0.3 is 0 Å². The van der Waals surface area contributed by atoms with Gasteiger partial charge in [-0.2, -0.15) is 0 Å². The molecular weight excluding hydrogens is 326 g/mol. The second-order valence-corrected chi connectivity index (χ2v) is 6.05. The second-order valence-electron chi connectivity index (χ2n) is 5.20. The van der Waals surface area contributed by atoms with Gasteiger partial charge in [-0.05, 0) is 17.7 Å². The van der Waals surface area contributed by atoms with Crippen molar-refractivity contribution in [2.45, 2.75) is 0 Å². The fourth-order valence-corrected chi connectivity index (χ4v) is 2.96. The van der Waals surface area contributed by atoms with Crippen LogP contribution in [0.3, 0.4) is 0 Å². The second kappa shape index (κ2) is 5.65. The molecular formula is C18H12ClN3S. The minimum absolute atomic E-state index is 0.689. The molecule has 2 aromatic carbocycles. The molecule has 23 heavy (non-hydrogen) atoms. The summed E-state index contributed by atoms with van der Waals surface area (Å²) in [5.41, 5.74) is 4.75. The number of aromatic amines is 1. The lowest BCUT2D eigenvalue weighted by Gasteiger charge is -2.04. The molecule has 1 N–H and O–H groups in total. The molecule has 0 saturated heterocycles. The van der Waals surface area contributed by atoms with Crippen LogP contribution in [0.15, 0.2) is 66.9 Å². The maximum atomic E-state index is 5.98. The van der Waals surface area contributed by atoms with E-state index in [1.165, 1.54) is 0 Å². The van der Waals surface area contributed by atoms with Crippen molar-refractivity contribution >= 4 is 29.5 Å². The summed E-state index contributed by atoms with van der Waals surface area (Å²) in [4.78, 5) is 4.80. The zero-order valence-corrected chi connectivity index (χ0v) is 13.6. The Balaban J connectivity index is 1.96. The molecule has 112 valence electrons. The van der Waals surface area contributed by atoms with Crippen LogP contribution in [0.5, 0.6) is 0 Å². The standard InChI is InChI=1S/C18H12ClN3S/c19-14-8-6-12(7-9-14)15-11-20-22-17(23)10-16(21-18(15)22)13-4-2-1-3-5-13/h1-11,20H. The third kappa shape index (κ3) is 2.56. The Morgan fingerprint density at radius 3 is 2.43 bits per heavy atom. The Labute approximate surface area is 143 Å². The van der Waals surface area contributed by atoms with Gasteiger partial charge in [0, 0.05) is 28.4 Å². The normalized spacial score (nSPS) is 11.0. The molecule has 2 aromatic heterocycles. The number of halogens is 1. The smallest absolute Gasteiger partial charge is 0.162 e. The van der Waals surface area contributed by atoms with Crippen molar-refractivity contribution in [1.29, 1.82) is 0 Å². The van der Waals surface area contributed by atoms with Crippen LogP contribution in [0.4, 0.5) is 0 Å². The molecule has 0 spiro atoms. The van der Waals surface area contributed by atoms with E-state index in [1.54, 1.807) is 0 Å². The Morgan fingerprint density at radius 2 is 1.70 bits per heavy atom. The molecule has 0 radical (unpaired) electrons. The number of hydrogen-bond acceptors (Lipinski definition) is 2. The molecule has 5 heteroatoms. The first-order chi connectivity index (χ1) is 11.2. The van der Waals surface area contributed by atoms with Crippen LogP contribution in [0.25, 0.3) is 28.0 Å². The van der Waals surface area contributed by atoms with Gasteiger partial charge < -0.3 is 0 Å². The highest BCUT2D eigenvalue weighted by Gasteiger charge is 2.10. The third-order valence-corrected chi connectivity index (χ3v) is 4.27. The third-order valence-electron chi connectivity index (χ3n) is 3.72. The van der Waals surface area contributed by atoms with Gasteiger partial charge in [0.2, 0.25) is 0 Å². The highest BCUT2D eigenvalue weighted by molar-refractivity contribution is 7.71. The summed E-state index contributed by atoms with van der Waals surface area (Å²) in [6.45, 7) is 0. The molecule has 0 aliphatic heterocycles. The maximum absolute atomic E-state index is 5.98. The van der Waals surface area contributed by atoms with E-state index >= 15 is 0 Å². The number of hydrogen-bond donors (Lipinski definition) is 1. The molecule has 0 saturated carbocycles. The van der Waals surface area contributed by atoms with Crippen LogP contribution in [-0.4, -0.2) is 14.6 Å². The molecule has 0 fully saturated rings. The van der Waals surface area contributed by atoms with E-state index in [0.29, 0.717) is 9.66 Å². The van der Waals surface area contributed by atoms with E-state index < -0.39 is 0 Å². The van der Waals surface area contributed by atoms with Gasteiger partial charge in [-0.1, -0.05) is 66.3 Å². The fraction of sp³-hybridized carbons (Fsp3) is 0. The van der Waals surface area contributed by atoms with Crippen molar-refractivity contribution < 1.29 is 0 Å². The average molecular weight is 338 g/mol. The first-order valence-electron chi connectivity index (χ1n) is 7.15. The lowest BCUT2D eigenvalue weighted by atomic mass is 10.1. The Bertz CT molecular complexity index is 1030. The Kier molecular flexibility index (Phi) is 3.48. The quantitative estimate of drug-likeness (QED) is 0.498. The molecule has 0 amide bonds. The topological polar surface area (TPSA) is 33.1 Å². The van der Waals surface area contributed by atoms with Gasteiger partial charge in [-0.25, -0.2) is 9.50 Å². The largest absolute Gasteiger partial charge is 0.298 e. The number of nitrogens with zero attached hydrogens (tertiary/aromatic N) is 2. The van der Waals surface area contributed by atoms with E-state index in [4.69, 9.17) is 28.8 Å². The van der Waals surface area contributed by atoms with Gasteiger partial charge in [0.15, 0.2) is 5.65 Å². The van der Waals surface area contributed by atoms with Gasteiger partial charge in [0.25, 0.3) is 0 Å². The zero-order valence-electron chi connectivity index (χ0n) is 12.0. The summed E-state index contributed by atoms with van der Waals surface area (Å²) in [7, 11) is 0. The fourth-order valence-electron chi connectivity index (χ4n) is 2.58. The number of benzene rings is 2. The minimum atomic E-state index is 0.689. The van der Waals surface area contributed by atoms with Gasteiger partial charge in [-0.15, -0.1) is 0 Å². The first kappa shape index (κ1) is 14.2. The first-order valence-corrected chi connectivity index (χ1v) is 7.93. The minimum Gasteiger partial charge on any atom is -0.298 e.